The molecule has 0 atom stereocenters. The van der Waals surface area contributed by atoms with Crippen molar-refractivity contribution in [2.45, 2.75) is 25.7 Å². The van der Waals surface area contributed by atoms with Gasteiger partial charge in [0.15, 0.2) is 0 Å². The lowest BCUT2D eigenvalue weighted by Crippen LogP contribution is -2.41. The summed E-state index contributed by atoms with van der Waals surface area (Å²) in [5.74, 6) is -0.708. The van der Waals surface area contributed by atoms with Gasteiger partial charge >= 0.3 is 6.03 Å². The second-order valence-corrected chi connectivity index (χ2v) is 4.13. The largest absolute Gasteiger partial charge is 0.396 e. The Morgan fingerprint density at radius 1 is 1.28 bits per heavy atom. The molecule has 0 aliphatic carbocycles. The fourth-order valence-corrected chi connectivity index (χ4v) is 1.63. The maximum atomic E-state index is 11.5. The van der Waals surface area contributed by atoms with Gasteiger partial charge in [0.05, 0.1) is 6.54 Å². The van der Waals surface area contributed by atoms with E-state index in [-0.39, 0.29) is 31.5 Å². The minimum absolute atomic E-state index is 0.0345. The lowest BCUT2D eigenvalue weighted by molar-refractivity contribution is -0.130. The number of carbonyl (C=O) groups is 3. The Morgan fingerprint density at radius 2 is 2.00 bits per heavy atom. The third kappa shape index (κ3) is 4.70. The first-order valence-electron chi connectivity index (χ1n) is 6.11. The van der Waals surface area contributed by atoms with E-state index in [1.165, 1.54) is 0 Å². The van der Waals surface area contributed by atoms with Crippen LogP contribution in [0.4, 0.5) is 4.79 Å². The molecule has 0 radical (unpaired) electrons. The van der Waals surface area contributed by atoms with Crippen molar-refractivity contribution in [3.05, 3.63) is 0 Å². The van der Waals surface area contributed by atoms with E-state index < -0.39 is 6.03 Å². The van der Waals surface area contributed by atoms with E-state index in [9.17, 15) is 14.4 Å². The molecule has 4 amide bonds. The van der Waals surface area contributed by atoms with Crippen LogP contribution in [-0.4, -0.2) is 54.1 Å². The van der Waals surface area contributed by atoms with Crippen LogP contribution >= 0.6 is 0 Å². The van der Waals surface area contributed by atoms with Crippen molar-refractivity contribution in [3.8, 4) is 0 Å². The SMILES string of the molecule is O=C(CN1C(=O)CNC1=O)NCCCCCCO. The minimum Gasteiger partial charge on any atom is -0.396 e. The number of unbranched alkanes of at least 4 members (excludes halogenated alkanes) is 3. The molecular formula is C11H19N3O4. The molecule has 0 saturated carbocycles. The average Bonchev–Trinajstić information content (AvgIpc) is 2.65. The van der Waals surface area contributed by atoms with Gasteiger partial charge in [-0.1, -0.05) is 12.8 Å². The predicted octanol–water partition coefficient (Wildman–Crippen LogP) is -0.793. The smallest absolute Gasteiger partial charge is 0.325 e. The zero-order valence-electron chi connectivity index (χ0n) is 10.3. The highest BCUT2D eigenvalue weighted by atomic mass is 16.3. The van der Waals surface area contributed by atoms with Gasteiger partial charge in [-0.25, -0.2) is 4.79 Å². The van der Waals surface area contributed by atoms with Gasteiger partial charge in [0.2, 0.25) is 5.91 Å². The Balaban J connectivity index is 2.10. The molecule has 1 heterocycles. The van der Waals surface area contributed by atoms with Gasteiger partial charge in [0.1, 0.15) is 6.54 Å². The standard InChI is InChI=1S/C11H19N3O4/c15-6-4-2-1-3-5-12-9(16)8-14-10(17)7-13-11(14)18/h15H,1-8H2,(H,12,16)(H,13,18). The highest BCUT2D eigenvalue weighted by Gasteiger charge is 2.29. The van der Waals surface area contributed by atoms with Crippen LogP contribution in [0.5, 0.6) is 0 Å². The maximum Gasteiger partial charge on any atom is 0.325 e. The van der Waals surface area contributed by atoms with Gasteiger partial charge in [-0.15, -0.1) is 0 Å². The van der Waals surface area contributed by atoms with Crippen LogP contribution in [0.2, 0.25) is 0 Å². The molecule has 1 aliphatic rings. The number of aliphatic hydroxyl groups is 1. The topological polar surface area (TPSA) is 98.7 Å². The van der Waals surface area contributed by atoms with Gasteiger partial charge in [-0.2, -0.15) is 0 Å². The van der Waals surface area contributed by atoms with Crippen molar-refractivity contribution in [3.63, 3.8) is 0 Å². The first-order valence-corrected chi connectivity index (χ1v) is 6.11. The molecule has 1 saturated heterocycles. The summed E-state index contributed by atoms with van der Waals surface area (Å²) in [7, 11) is 0. The molecule has 1 rings (SSSR count). The predicted molar refractivity (Wildman–Crippen MR) is 63.7 cm³/mol. The number of rotatable bonds is 8. The van der Waals surface area contributed by atoms with Gasteiger partial charge in [-0.05, 0) is 12.8 Å². The Labute approximate surface area is 106 Å². The number of carbonyl (C=O) groups excluding carboxylic acids is 3. The van der Waals surface area contributed by atoms with Crippen molar-refractivity contribution in [1.29, 1.82) is 0 Å². The summed E-state index contributed by atoms with van der Waals surface area (Å²) in [6, 6.07) is -0.516. The number of hydrogen-bond donors (Lipinski definition) is 3. The van der Waals surface area contributed by atoms with Crippen LogP contribution in [0.25, 0.3) is 0 Å². The molecule has 102 valence electrons. The van der Waals surface area contributed by atoms with Crippen molar-refractivity contribution >= 4 is 17.8 Å². The molecule has 0 bridgehead atoms. The molecule has 0 spiro atoms. The van der Waals surface area contributed by atoms with E-state index in [1.54, 1.807) is 0 Å². The molecule has 0 aromatic carbocycles. The number of aliphatic hydroxyl groups excluding tert-OH is 1. The van der Waals surface area contributed by atoms with Crippen LogP contribution in [0.15, 0.2) is 0 Å². The van der Waals surface area contributed by atoms with Crippen molar-refractivity contribution in [2.24, 2.45) is 0 Å². The first-order chi connectivity index (χ1) is 8.65. The van der Waals surface area contributed by atoms with Crippen molar-refractivity contribution in [1.82, 2.24) is 15.5 Å². The molecule has 1 aliphatic heterocycles. The van der Waals surface area contributed by atoms with Crippen molar-refractivity contribution < 1.29 is 19.5 Å². The van der Waals surface area contributed by atoms with Gasteiger partial charge in [0, 0.05) is 13.2 Å². The fraction of sp³-hybridized carbons (Fsp3) is 0.727. The highest BCUT2D eigenvalue weighted by molar-refractivity contribution is 6.04. The van der Waals surface area contributed by atoms with Crippen LogP contribution in [-0.2, 0) is 9.59 Å². The molecular weight excluding hydrogens is 238 g/mol. The Hall–Kier alpha value is -1.63. The third-order valence-corrected chi connectivity index (χ3v) is 2.65. The second-order valence-electron chi connectivity index (χ2n) is 4.13. The summed E-state index contributed by atoms with van der Waals surface area (Å²) in [5, 5.41) is 13.6. The Bertz CT molecular complexity index is 303. The average molecular weight is 257 g/mol. The van der Waals surface area contributed by atoms with Crippen LogP contribution < -0.4 is 10.6 Å². The van der Waals surface area contributed by atoms with Crippen LogP contribution in [0.3, 0.4) is 0 Å². The molecule has 0 aromatic heterocycles. The van der Waals surface area contributed by atoms with Gasteiger partial charge in [0.25, 0.3) is 5.91 Å². The van der Waals surface area contributed by atoms with E-state index >= 15 is 0 Å². The number of hydrogen-bond acceptors (Lipinski definition) is 4. The lowest BCUT2D eigenvalue weighted by Gasteiger charge is -2.12. The van der Waals surface area contributed by atoms with Gasteiger partial charge in [-0.3, -0.25) is 14.5 Å². The Morgan fingerprint density at radius 3 is 2.61 bits per heavy atom. The molecule has 3 N–H and O–H groups in total. The molecule has 1 fully saturated rings. The molecule has 0 unspecified atom stereocenters. The van der Waals surface area contributed by atoms with E-state index in [0.29, 0.717) is 6.54 Å². The van der Waals surface area contributed by atoms with E-state index in [2.05, 4.69) is 10.6 Å². The number of urea groups is 1. The highest BCUT2D eigenvalue weighted by Crippen LogP contribution is 1.99. The van der Waals surface area contributed by atoms with Crippen LogP contribution in [0, 0.1) is 0 Å². The number of amides is 4. The molecule has 7 heteroatoms. The normalized spacial score (nSPS) is 14.8. The fourth-order valence-electron chi connectivity index (χ4n) is 1.63. The summed E-state index contributed by atoms with van der Waals surface area (Å²) >= 11 is 0. The quantitative estimate of drug-likeness (QED) is 0.392. The number of nitrogens with one attached hydrogen (secondary N) is 2. The molecule has 7 nitrogen and oxygen atoms in total. The minimum atomic E-state index is -0.516. The summed E-state index contributed by atoms with van der Waals surface area (Å²) in [5.41, 5.74) is 0. The molecule has 18 heavy (non-hydrogen) atoms. The summed E-state index contributed by atoms with van der Waals surface area (Å²) in [4.78, 5) is 34.7. The maximum absolute atomic E-state index is 11.5. The summed E-state index contributed by atoms with van der Waals surface area (Å²) < 4.78 is 0. The zero-order valence-corrected chi connectivity index (χ0v) is 10.3. The zero-order chi connectivity index (χ0) is 13.4. The van der Waals surface area contributed by atoms with Gasteiger partial charge < -0.3 is 15.7 Å². The number of imide groups is 1. The van der Waals surface area contributed by atoms with Crippen LogP contribution in [0.1, 0.15) is 25.7 Å². The summed E-state index contributed by atoms with van der Waals surface area (Å²) in [6.07, 6.45) is 3.46. The third-order valence-electron chi connectivity index (χ3n) is 2.65. The lowest BCUT2D eigenvalue weighted by atomic mass is 10.2. The second kappa shape index (κ2) is 7.65. The first kappa shape index (κ1) is 14.4. The Kier molecular flexibility index (Phi) is 6.13. The molecule has 0 aromatic rings. The van der Waals surface area contributed by atoms with E-state index in [1.807, 2.05) is 0 Å². The van der Waals surface area contributed by atoms with E-state index in [4.69, 9.17) is 5.11 Å². The van der Waals surface area contributed by atoms with E-state index in [0.717, 1.165) is 30.6 Å². The van der Waals surface area contributed by atoms with Crippen molar-refractivity contribution in [2.75, 3.05) is 26.2 Å². The monoisotopic (exact) mass is 257 g/mol. The number of nitrogens with zero attached hydrogens (tertiary/aromatic N) is 1. The summed E-state index contributed by atoms with van der Waals surface area (Å²) in [6.45, 7) is 0.459.